The van der Waals surface area contributed by atoms with Crippen LogP contribution in [0.3, 0.4) is 0 Å². The van der Waals surface area contributed by atoms with Crippen molar-refractivity contribution in [2.75, 3.05) is 13.7 Å². The molecule has 3 nitrogen and oxygen atoms in total. The molecule has 0 saturated carbocycles. The molecular formula is C22H22F2N2O. The number of halogens is 2. The van der Waals surface area contributed by atoms with Gasteiger partial charge in [0.05, 0.1) is 7.11 Å². The Morgan fingerprint density at radius 2 is 1.85 bits per heavy atom. The first-order chi connectivity index (χ1) is 13.0. The van der Waals surface area contributed by atoms with E-state index in [1.54, 1.807) is 7.11 Å². The number of benzene rings is 2. The first-order valence-electron chi connectivity index (χ1n) is 9.15. The van der Waals surface area contributed by atoms with Crippen molar-refractivity contribution in [1.29, 1.82) is 0 Å². The van der Waals surface area contributed by atoms with Gasteiger partial charge in [-0.05, 0) is 50.1 Å². The Labute approximate surface area is 158 Å². The Hall–Kier alpha value is -2.69. The van der Waals surface area contributed by atoms with Gasteiger partial charge in [0, 0.05) is 41.5 Å². The summed E-state index contributed by atoms with van der Waals surface area (Å²) in [5.41, 5.74) is 2.92. The van der Waals surface area contributed by atoms with Gasteiger partial charge < -0.3 is 9.64 Å². The van der Waals surface area contributed by atoms with E-state index in [2.05, 4.69) is 11.8 Å². The molecule has 1 atom stereocenters. The molecule has 2 aliphatic heterocycles. The molecule has 4 rings (SSSR count). The topological polar surface area (TPSA) is 24.8 Å². The number of hydrogen-bond acceptors (Lipinski definition) is 3. The third-order valence-corrected chi connectivity index (χ3v) is 5.41. The van der Waals surface area contributed by atoms with Crippen molar-refractivity contribution in [3.8, 4) is 5.75 Å². The lowest BCUT2D eigenvalue weighted by molar-refractivity contribution is 0.244. The van der Waals surface area contributed by atoms with E-state index in [0.29, 0.717) is 11.3 Å². The maximum Gasteiger partial charge on any atom is 0.144 e. The van der Waals surface area contributed by atoms with Gasteiger partial charge in [-0.2, -0.15) is 0 Å². The molecule has 0 radical (unpaired) electrons. The fourth-order valence-electron chi connectivity index (χ4n) is 4.18. The second-order valence-corrected chi connectivity index (χ2v) is 7.39. The predicted octanol–water partition coefficient (Wildman–Crippen LogP) is 5.35. The van der Waals surface area contributed by atoms with Crippen molar-refractivity contribution in [3.05, 3.63) is 65.7 Å². The fraction of sp³-hybridized carbons (Fsp3) is 0.318. The number of nitrogens with zero attached hydrogens (tertiary/aromatic N) is 2. The number of ether oxygens (including phenoxy) is 1. The molecule has 0 aromatic heterocycles. The van der Waals surface area contributed by atoms with Crippen LogP contribution in [0.4, 0.5) is 14.5 Å². The smallest absolute Gasteiger partial charge is 0.144 e. The molecular weight excluding hydrogens is 346 g/mol. The summed E-state index contributed by atoms with van der Waals surface area (Å²) in [6.07, 6.45) is 4.81. The highest BCUT2D eigenvalue weighted by Crippen LogP contribution is 2.43. The molecule has 140 valence electrons. The van der Waals surface area contributed by atoms with Crippen molar-refractivity contribution < 1.29 is 13.5 Å². The minimum atomic E-state index is -0.569. The van der Waals surface area contributed by atoms with Gasteiger partial charge in [-0.1, -0.05) is 12.1 Å². The lowest BCUT2D eigenvalue weighted by atomic mass is 9.86. The van der Waals surface area contributed by atoms with Crippen LogP contribution in [0.25, 0.3) is 5.70 Å². The summed E-state index contributed by atoms with van der Waals surface area (Å²) >= 11 is 0. The summed E-state index contributed by atoms with van der Waals surface area (Å²) in [5.74, 6) is -0.433. The van der Waals surface area contributed by atoms with Crippen LogP contribution in [0.1, 0.15) is 31.7 Å². The zero-order valence-corrected chi connectivity index (χ0v) is 15.5. The summed E-state index contributed by atoms with van der Waals surface area (Å²) in [7, 11) is 1.62. The van der Waals surface area contributed by atoms with Gasteiger partial charge in [0.15, 0.2) is 0 Å². The Bertz CT molecular complexity index is 917. The van der Waals surface area contributed by atoms with Gasteiger partial charge in [0.1, 0.15) is 23.1 Å². The van der Waals surface area contributed by atoms with E-state index < -0.39 is 11.6 Å². The Morgan fingerprint density at radius 1 is 1.11 bits per heavy atom. The number of rotatable bonds is 3. The molecule has 27 heavy (non-hydrogen) atoms. The van der Waals surface area contributed by atoms with E-state index in [1.165, 1.54) is 12.1 Å². The molecule has 0 amide bonds. The molecule has 0 bridgehead atoms. The van der Waals surface area contributed by atoms with Crippen LogP contribution in [0, 0.1) is 11.6 Å². The highest BCUT2D eigenvalue weighted by molar-refractivity contribution is 6.04. The minimum absolute atomic E-state index is 0.103. The molecule has 0 N–H and O–H groups in total. The molecule has 0 unspecified atom stereocenters. The van der Waals surface area contributed by atoms with Gasteiger partial charge in [-0.15, -0.1) is 0 Å². The van der Waals surface area contributed by atoms with Crippen LogP contribution in [-0.4, -0.2) is 29.8 Å². The monoisotopic (exact) mass is 368 g/mol. The predicted molar refractivity (Wildman–Crippen MR) is 103 cm³/mol. The molecule has 1 fully saturated rings. The van der Waals surface area contributed by atoms with Gasteiger partial charge in [-0.25, -0.2) is 13.8 Å². The number of fused-ring (bicyclic) bond motifs is 1. The van der Waals surface area contributed by atoms with Crippen molar-refractivity contribution in [3.63, 3.8) is 0 Å². The minimum Gasteiger partial charge on any atom is -0.494 e. The van der Waals surface area contributed by atoms with E-state index in [9.17, 15) is 8.78 Å². The van der Waals surface area contributed by atoms with Gasteiger partial charge in [-0.3, -0.25) is 0 Å². The van der Waals surface area contributed by atoms with Crippen molar-refractivity contribution in [2.45, 2.75) is 31.7 Å². The van der Waals surface area contributed by atoms with Crippen LogP contribution >= 0.6 is 0 Å². The molecule has 0 aliphatic carbocycles. The number of para-hydroxylation sites is 2. The molecule has 1 saturated heterocycles. The Balaban J connectivity index is 1.83. The summed E-state index contributed by atoms with van der Waals surface area (Å²) in [6.45, 7) is 3.07. The van der Waals surface area contributed by atoms with Crippen LogP contribution in [0.2, 0.25) is 0 Å². The zero-order chi connectivity index (χ0) is 19.0. The summed E-state index contributed by atoms with van der Waals surface area (Å²) in [4.78, 5) is 7.08. The summed E-state index contributed by atoms with van der Waals surface area (Å²) in [5, 5.41) is 0. The SMILES string of the molecule is COc1ccccc1N=C1C=C(c2cc(F)cc(F)c2)N2CCC[C@]2(C)C1. The largest absolute Gasteiger partial charge is 0.494 e. The first-order valence-corrected chi connectivity index (χ1v) is 9.15. The van der Waals surface area contributed by atoms with Crippen molar-refractivity contribution in [1.82, 2.24) is 4.90 Å². The molecule has 2 aliphatic rings. The quantitative estimate of drug-likeness (QED) is 0.730. The highest BCUT2D eigenvalue weighted by atomic mass is 19.1. The number of methoxy groups -OCH3 is 1. The molecule has 2 aromatic carbocycles. The average Bonchev–Trinajstić information content (AvgIpc) is 3.02. The van der Waals surface area contributed by atoms with Crippen LogP contribution in [0.5, 0.6) is 5.75 Å². The van der Waals surface area contributed by atoms with Gasteiger partial charge in [0.2, 0.25) is 0 Å². The van der Waals surface area contributed by atoms with Crippen LogP contribution in [-0.2, 0) is 0 Å². The lowest BCUT2D eigenvalue weighted by Gasteiger charge is -2.42. The molecule has 0 spiro atoms. The standard InChI is InChI=1S/C22H22F2N2O/c1-22-8-5-9-26(22)20(15-10-16(23)12-17(24)11-15)13-18(14-22)25-19-6-3-4-7-21(19)27-2/h3-4,6-7,10-13H,5,8-9,14H2,1-2H3/t22-/m1/s1. The maximum absolute atomic E-state index is 13.8. The van der Waals surface area contributed by atoms with E-state index in [4.69, 9.17) is 9.73 Å². The van der Waals surface area contributed by atoms with E-state index in [1.807, 2.05) is 30.3 Å². The summed E-state index contributed by atoms with van der Waals surface area (Å²) in [6, 6.07) is 11.3. The third kappa shape index (κ3) is 3.34. The molecule has 2 heterocycles. The second-order valence-electron chi connectivity index (χ2n) is 7.39. The fourth-order valence-corrected chi connectivity index (χ4v) is 4.18. The van der Waals surface area contributed by atoms with Crippen molar-refractivity contribution in [2.24, 2.45) is 4.99 Å². The first kappa shape index (κ1) is 17.7. The van der Waals surface area contributed by atoms with Gasteiger partial charge in [0.25, 0.3) is 0 Å². The van der Waals surface area contributed by atoms with Crippen molar-refractivity contribution >= 4 is 17.1 Å². The third-order valence-electron chi connectivity index (χ3n) is 5.41. The van der Waals surface area contributed by atoms with Crippen LogP contribution in [0.15, 0.2) is 53.5 Å². The van der Waals surface area contributed by atoms with Crippen LogP contribution < -0.4 is 4.74 Å². The average molecular weight is 368 g/mol. The molecule has 2 aromatic rings. The van der Waals surface area contributed by atoms with E-state index in [-0.39, 0.29) is 5.54 Å². The number of allylic oxidation sites excluding steroid dienone is 1. The van der Waals surface area contributed by atoms with Gasteiger partial charge >= 0.3 is 0 Å². The van der Waals surface area contributed by atoms with E-state index in [0.717, 1.165) is 49.0 Å². The normalized spacial score (nSPS) is 23.3. The highest BCUT2D eigenvalue weighted by Gasteiger charge is 2.41. The Kier molecular flexibility index (Phi) is 4.46. The molecule has 5 heteroatoms. The van der Waals surface area contributed by atoms with E-state index >= 15 is 0 Å². The zero-order valence-electron chi connectivity index (χ0n) is 15.5. The Morgan fingerprint density at radius 3 is 2.59 bits per heavy atom. The second kappa shape index (κ2) is 6.80. The maximum atomic E-state index is 13.8. The number of aliphatic imine (C=N–C) groups is 1. The summed E-state index contributed by atoms with van der Waals surface area (Å²) < 4.78 is 33.1. The lowest BCUT2D eigenvalue weighted by Crippen LogP contribution is -2.44. The number of hydrogen-bond donors (Lipinski definition) is 0.